The first-order valence-electron chi connectivity index (χ1n) is 9.67. The van der Waals surface area contributed by atoms with Gasteiger partial charge in [0, 0.05) is 38.3 Å². The minimum Gasteiger partial charge on any atom is -0.378 e. The van der Waals surface area contributed by atoms with Gasteiger partial charge in [-0.1, -0.05) is 12.5 Å². The van der Waals surface area contributed by atoms with Crippen LogP contribution >= 0.6 is 0 Å². The van der Waals surface area contributed by atoms with Crippen LogP contribution in [0.4, 0.5) is 0 Å². The number of carbonyl (C=O) groups is 1. The van der Waals surface area contributed by atoms with Gasteiger partial charge in [0.05, 0.1) is 18.9 Å². The monoisotopic (exact) mass is 343 g/mol. The molecule has 1 aliphatic carbocycles. The van der Waals surface area contributed by atoms with Crippen LogP contribution in [0.1, 0.15) is 36.9 Å². The summed E-state index contributed by atoms with van der Waals surface area (Å²) >= 11 is 0. The fourth-order valence-electron chi connectivity index (χ4n) is 5.03. The summed E-state index contributed by atoms with van der Waals surface area (Å²) in [5.41, 5.74) is 2.63. The molecule has 2 saturated heterocycles. The molecule has 4 rings (SSSR count). The number of rotatable bonds is 3. The van der Waals surface area contributed by atoms with Crippen LogP contribution in [0.25, 0.3) is 0 Å². The number of aromatic nitrogens is 1. The van der Waals surface area contributed by atoms with E-state index in [-0.39, 0.29) is 11.3 Å². The molecule has 1 aromatic rings. The average Bonchev–Trinajstić information content (AvgIpc) is 3.24. The number of amides is 1. The van der Waals surface area contributed by atoms with Gasteiger partial charge in [-0.05, 0) is 49.8 Å². The van der Waals surface area contributed by atoms with Gasteiger partial charge in [-0.25, -0.2) is 0 Å². The van der Waals surface area contributed by atoms with Crippen LogP contribution in [0.15, 0.2) is 18.3 Å². The highest BCUT2D eigenvalue weighted by Gasteiger charge is 2.51. The molecule has 136 valence electrons. The quantitative estimate of drug-likeness (QED) is 0.844. The van der Waals surface area contributed by atoms with Crippen molar-refractivity contribution in [2.24, 2.45) is 11.3 Å². The van der Waals surface area contributed by atoms with Crippen LogP contribution in [0.3, 0.4) is 0 Å². The second kappa shape index (κ2) is 7.04. The van der Waals surface area contributed by atoms with E-state index in [1.807, 2.05) is 17.2 Å². The number of hydrogen-bond donors (Lipinski definition) is 0. The summed E-state index contributed by atoms with van der Waals surface area (Å²) in [5, 5.41) is 0. The number of pyridine rings is 1. The maximum Gasteiger partial charge on any atom is 0.226 e. The highest BCUT2D eigenvalue weighted by atomic mass is 16.5. The Morgan fingerprint density at radius 3 is 2.96 bits per heavy atom. The first-order chi connectivity index (χ1) is 12.2. The molecule has 1 saturated carbocycles. The summed E-state index contributed by atoms with van der Waals surface area (Å²) in [6, 6.07) is 4.13. The van der Waals surface area contributed by atoms with Crippen LogP contribution in [0, 0.1) is 18.3 Å². The van der Waals surface area contributed by atoms with E-state index in [0.29, 0.717) is 19.1 Å². The molecule has 3 heterocycles. The van der Waals surface area contributed by atoms with Gasteiger partial charge in [-0.2, -0.15) is 0 Å². The zero-order valence-corrected chi connectivity index (χ0v) is 15.2. The molecule has 5 heteroatoms. The van der Waals surface area contributed by atoms with Crippen molar-refractivity contribution in [3.05, 3.63) is 29.6 Å². The van der Waals surface area contributed by atoms with E-state index in [0.717, 1.165) is 45.6 Å². The molecule has 0 aromatic carbocycles. The lowest BCUT2D eigenvalue weighted by Gasteiger charge is -2.36. The highest BCUT2D eigenvalue weighted by Crippen LogP contribution is 2.50. The van der Waals surface area contributed by atoms with Crippen molar-refractivity contribution in [3.8, 4) is 0 Å². The molecular weight excluding hydrogens is 314 g/mol. The molecular formula is C20H29N3O2. The third-order valence-corrected chi connectivity index (χ3v) is 6.48. The second-order valence-corrected chi connectivity index (χ2v) is 7.97. The summed E-state index contributed by atoms with van der Waals surface area (Å²) in [6.45, 7) is 8.09. The molecule has 3 aliphatic rings. The summed E-state index contributed by atoms with van der Waals surface area (Å²) in [4.78, 5) is 22.2. The molecule has 0 radical (unpaired) electrons. The molecule has 1 spiro atoms. The van der Waals surface area contributed by atoms with Crippen molar-refractivity contribution in [2.75, 3.05) is 39.4 Å². The minimum absolute atomic E-state index is 0.193. The van der Waals surface area contributed by atoms with Gasteiger partial charge in [0.2, 0.25) is 5.91 Å². The first-order valence-corrected chi connectivity index (χ1v) is 9.67. The van der Waals surface area contributed by atoms with Crippen LogP contribution in [0.2, 0.25) is 0 Å². The van der Waals surface area contributed by atoms with Gasteiger partial charge >= 0.3 is 0 Å². The van der Waals surface area contributed by atoms with Crippen LogP contribution in [-0.2, 0) is 16.1 Å². The van der Waals surface area contributed by atoms with Gasteiger partial charge in [0.15, 0.2) is 0 Å². The number of ether oxygens (including phenoxy) is 1. The maximum atomic E-state index is 13.1. The third kappa shape index (κ3) is 3.32. The van der Waals surface area contributed by atoms with Crippen molar-refractivity contribution < 1.29 is 9.53 Å². The van der Waals surface area contributed by atoms with Crippen molar-refractivity contribution in [2.45, 2.75) is 39.2 Å². The zero-order chi connectivity index (χ0) is 17.3. The Labute approximate surface area is 150 Å². The summed E-state index contributed by atoms with van der Waals surface area (Å²) in [5.74, 6) is 0.595. The van der Waals surface area contributed by atoms with Crippen LogP contribution in [-0.4, -0.2) is 60.1 Å². The normalized spacial score (nSPS) is 30.3. The Morgan fingerprint density at radius 2 is 2.16 bits per heavy atom. The van der Waals surface area contributed by atoms with E-state index in [1.165, 1.54) is 24.1 Å². The zero-order valence-electron chi connectivity index (χ0n) is 15.2. The number of carbonyl (C=O) groups excluding carboxylic acids is 1. The van der Waals surface area contributed by atoms with Gasteiger partial charge in [-0.15, -0.1) is 0 Å². The summed E-state index contributed by atoms with van der Waals surface area (Å²) in [6.07, 6.45) is 6.49. The lowest BCUT2D eigenvalue weighted by Crippen LogP contribution is -2.47. The number of nitrogens with zero attached hydrogens (tertiary/aromatic N) is 3. The van der Waals surface area contributed by atoms with Gasteiger partial charge < -0.3 is 9.64 Å². The molecule has 3 fully saturated rings. The molecule has 0 bridgehead atoms. The van der Waals surface area contributed by atoms with E-state index in [2.05, 4.69) is 22.9 Å². The number of morpholine rings is 1. The number of aryl methyl sites for hydroxylation is 1. The van der Waals surface area contributed by atoms with Crippen LogP contribution < -0.4 is 0 Å². The molecule has 0 N–H and O–H groups in total. The van der Waals surface area contributed by atoms with E-state index in [9.17, 15) is 4.79 Å². The smallest absolute Gasteiger partial charge is 0.226 e. The number of likely N-dealkylation sites (tertiary alicyclic amines) is 1. The second-order valence-electron chi connectivity index (χ2n) is 7.97. The largest absolute Gasteiger partial charge is 0.378 e. The molecule has 5 nitrogen and oxygen atoms in total. The van der Waals surface area contributed by atoms with Crippen LogP contribution in [0.5, 0.6) is 0 Å². The lowest BCUT2D eigenvalue weighted by atomic mass is 9.76. The summed E-state index contributed by atoms with van der Waals surface area (Å²) in [7, 11) is 0. The van der Waals surface area contributed by atoms with Gasteiger partial charge in [0.25, 0.3) is 0 Å². The maximum absolute atomic E-state index is 13.1. The minimum atomic E-state index is 0.193. The van der Waals surface area contributed by atoms with Gasteiger partial charge in [-0.3, -0.25) is 14.7 Å². The first kappa shape index (κ1) is 17.0. The summed E-state index contributed by atoms with van der Waals surface area (Å²) < 4.78 is 5.42. The SMILES string of the molecule is Cc1cccnc1CN1CCC2(CCCC2C(=O)N2CCOCC2)C1. The lowest BCUT2D eigenvalue weighted by molar-refractivity contribution is -0.143. The molecule has 1 aromatic heterocycles. The van der Waals surface area contributed by atoms with E-state index in [1.54, 1.807) is 0 Å². The Morgan fingerprint density at radius 1 is 1.32 bits per heavy atom. The topological polar surface area (TPSA) is 45.7 Å². The molecule has 2 unspecified atom stereocenters. The molecule has 2 aliphatic heterocycles. The predicted molar refractivity (Wildman–Crippen MR) is 96.0 cm³/mol. The van der Waals surface area contributed by atoms with Crippen molar-refractivity contribution in [3.63, 3.8) is 0 Å². The predicted octanol–water partition coefficient (Wildman–Crippen LogP) is 2.24. The molecule has 2 atom stereocenters. The molecule has 1 amide bonds. The third-order valence-electron chi connectivity index (χ3n) is 6.48. The van der Waals surface area contributed by atoms with E-state index >= 15 is 0 Å². The average molecular weight is 343 g/mol. The van der Waals surface area contributed by atoms with Gasteiger partial charge in [0.1, 0.15) is 0 Å². The molecule has 25 heavy (non-hydrogen) atoms. The Balaban J connectivity index is 1.44. The Kier molecular flexibility index (Phi) is 4.78. The van der Waals surface area contributed by atoms with Crippen molar-refractivity contribution in [1.29, 1.82) is 0 Å². The highest BCUT2D eigenvalue weighted by molar-refractivity contribution is 5.80. The standard InChI is InChI=1S/C20H29N3O2/c1-16-4-3-8-21-18(16)14-22-9-7-20(15-22)6-2-5-17(20)19(24)23-10-12-25-13-11-23/h3-4,8,17H,2,5-7,9-15H2,1H3. The van der Waals surface area contributed by atoms with E-state index < -0.39 is 0 Å². The van der Waals surface area contributed by atoms with Crippen molar-refractivity contribution >= 4 is 5.91 Å². The van der Waals surface area contributed by atoms with E-state index in [4.69, 9.17) is 4.74 Å². The Bertz CT molecular complexity index is 629. The Hall–Kier alpha value is -1.46. The van der Waals surface area contributed by atoms with Crippen molar-refractivity contribution in [1.82, 2.24) is 14.8 Å². The number of hydrogen-bond acceptors (Lipinski definition) is 4. The fraction of sp³-hybridized carbons (Fsp3) is 0.700. The fourth-order valence-corrected chi connectivity index (χ4v) is 5.03.